The van der Waals surface area contributed by atoms with Gasteiger partial charge in [0.2, 0.25) is 0 Å². The molecule has 7 nitrogen and oxygen atoms in total. The van der Waals surface area contributed by atoms with Crippen LogP contribution >= 0.6 is 0 Å². The summed E-state index contributed by atoms with van der Waals surface area (Å²) in [6.45, 7) is 0. The second-order valence-corrected chi connectivity index (χ2v) is 9.25. The number of aliphatic hydroxyl groups is 1. The molecule has 2 aliphatic rings. The average Bonchev–Trinajstić information content (AvgIpc) is 3.44. The predicted molar refractivity (Wildman–Crippen MR) is 133 cm³/mol. The van der Waals surface area contributed by atoms with Crippen molar-refractivity contribution in [1.82, 2.24) is 9.55 Å². The van der Waals surface area contributed by atoms with Gasteiger partial charge in [-0.1, -0.05) is 19.3 Å². The van der Waals surface area contributed by atoms with Crippen LogP contribution in [0.3, 0.4) is 0 Å². The second-order valence-electron chi connectivity index (χ2n) is 9.25. The van der Waals surface area contributed by atoms with Crippen molar-refractivity contribution in [2.45, 2.75) is 38.1 Å². The Morgan fingerprint density at radius 2 is 1.71 bits per heavy atom. The number of carbonyl (C=O) groups is 2. The molecule has 0 bridgehead atoms. The Bertz CT molecular complexity index is 1270. The van der Waals surface area contributed by atoms with Crippen LogP contribution in [0.25, 0.3) is 11.4 Å². The molecule has 1 amide bonds. The molecule has 1 saturated carbocycles. The van der Waals surface area contributed by atoms with E-state index in [1.165, 1.54) is 0 Å². The van der Waals surface area contributed by atoms with Crippen molar-refractivity contribution in [3.63, 3.8) is 0 Å². The largest absolute Gasteiger partial charge is 0.503 e. The Hall–Kier alpha value is -3.87. The predicted octanol–water partition coefficient (Wildman–Crippen LogP) is 5.09. The summed E-state index contributed by atoms with van der Waals surface area (Å²) < 4.78 is 7.14. The van der Waals surface area contributed by atoms with E-state index < -0.39 is 17.7 Å². The smallest absolute Gasteiger partial charge is 0.294 e. The SMILES string of the molecule is COc1ccc(C(=O)C2=C(O)C(=O)N(c3ccc(-c4nccn4C)cc3)C2C2CCCCC2)cc1. The molecule has 0 radical (unpaired) electrons. The number of hydrogen-bond acceptors (Lipinski definition) is 5. The lowest BCUT2D eigenvalue weighted by Crippen LogP contribution is -2.42. The molecule has 7 heteroatoms. The molecule has 180 valence electrons. The van der Waals surface area contributed by atoms with Crippen molar-refractivity contribution in [2.75, 3.05) is 12.0 Å². The first-order chi connectivity index (χ1) is 17.0. The number of amides is 1. The molecule has 1 aliphatic carbocycles. The van der Waals surface area contributed by atoms with Gasteiger partial charge < -0.3 is 14.4 Å². The maximum absolute atomic E-state index is 13.6. The average molecular weight is 472 g/mol. The fourth-order valence-corrected chi connectivity index (χ4v) is 5.35. The number of hydrogen-bond donors (Lipinski definition) is 1. The lowest BCUT2D eigenvalue weighted by Gasteiger charge is -2.35. The van der Waals surface area contributed by atoms with Crippen molar-refractivity contribution in [3.05, 3.63) is 77.8 Å². The molecule has 3 aromatic rings. The van der Waals surface area contributed by atoms with Crippen LogP contribution in [0.2, 0.25) is 0 Å². The van der Waals surface area contributed by atoms with Gasteiger partial charge in [-0.2, -0.15) is 0 Å². The van der Waals surface area contributed by atoms with E-state index in [0.29, 0.717) is 17.0 Å². The van der Waals surface area contributed by atoms with Crippen LogP contribution in [0, 0.1) is 5.92 Å². The Morgan fingerprint density at radius 1 is 1.03 bits per heavy atom. The first-order valence-electron chi connectivity index (χ1n) is 12.0. The van der Waals surface area contributed by atoms with Crippen LogP contribution in [0.4, 0.5) is 5.69 Å². The van der Waals surface area contributed by atoms with Crippen LogP contribution in [-0.4, -0.2) is 39.5 Å². The van der Waals surface area contributed by atoms with E-state index >= 15 is 0 Å². The van der Waals surface area contributed by atoms with E-state index in [1.807, 2.05) is 42.1 Å². The molecule has 1 atom stereocenters. The van der Waals surface area contributed by atoms with Gasteiger partial charge >= 0.3 is 0 Å². The van der Waals surface area contributed by atoms with Crippen molar-refractivity contribution < 1.29 is 19.4 Å². The maximum Gasteiger partial charge on any atom is 0.294 e. The number of Topliss-reactive ketones (excluding diaryl/α,β-unsaturated/α-hetero) is 1. The standard InChI is InChI=1S/C28H29N3O4/c1-30-17-16-29-27(30)20-8-12-21(13-9-20)31-24(18-6-4-3-5-7-18)23(26(33)28(31)34)25(32)19-10-14-22(35-2)15-11-19/h8-18,24,33H,3-7H2,1-2H3. The van der Waals surface area contributed by atoms with Gasteiger partial charge in [-0.15, -0.1) is 0 Å². The van der Waals surface area contributed by atoms with Crippen LogP contribution in [0.5, 0.6) is 5.75 Å². The van der Waals surface area contributed by atoms with Gasteiger partial charge in [0.1, 0.15) is 11.6 Å². The summed E-state index contributed by atoms with van der Waals surface area (Å²) in [5, 5.41) is 11.0. The first-order valence-corrected chi connectivity index (χ1v) is 12.0. The fourth-order valence-electron chi connectivity index (χ4n) is 5.35. The zero-order valence-electron chi connectivity index (χ0n) is 20.0. The summed E-state index contributed by atoms with van der Waals surface area (Å²) in [5.41, 5.74) is 2.20. The minimum atomic E-state index is -0.526. The Balaban J connectivity index is 1.53. The van der Waals surface area contributed by atoms with Gasteiger partial charge in [-0.05, 0) is 67.3 Å². The molecular weight excluding hydrogens is 442 g/mol. The third-order valence-corrected chi connectivity index (χ3v) is 7.17. The van der Waals surface area contributed by atoms with E-state index in [0.717, 1.165) is 43.5 Å². The second kappa shape index (κ2) is 9.41. The Kier molecular flexibility index (Phi) is 6.16. The van der Waals surface area contributed by atoms with Crippen LogP contribution in [0.1, 0.15) is 42.5 Å². The van der Waals surface area contributed by atoms with E-state index in [4.69, 9.17) is 4.74 Å². The molecule has 1 unspecified atom stereocenters. The summed E-state index contributed by atoms with van der Waals surface area (Å²) >= 11 is 0. The van der Waals surface area contributed by atoms with Crippen molar-refractivity contribution in [2.24, 2.45) is 13.0 Å². The van der Waals surface area contributed by atoms with E-state index in [-0.39, 0.29) is 17.3 Å². The van der Waals surface area contributed by atoms with Crippen molar-refractivity contribution in [3.8, 4) is 17.1 Å². The van der Waals surface area contributed by atoms with Gasteiger partial charge in [-0.25, -0.2) is 4.98 Å². The quantitative estimate of drug-likeness (QED) is 0.507. The number of methoxy groups -OCH3 is 1. The third-order valence-electron chi connectivity index (χ3n) is 7.17. The molecule has 0 spiro atoms. The number of carbonyl (C=O) groups excluding carboxylic acids is 2. The molecule has 5 rings (SSSR count). The topological polar surface area (TPSA) is 84.7 Å². The number of aryl methyl sites for hydroxylation is 1. The molecule has 1 fully saturated rings. The van der Waals surface area contributed by atoms with Crippen molar-refractivity contribution in [1.29, 1.82) is 0 Å². The number of anilines is 1. The monoisotopic (exact) mass is 471 g/mol. The molecule has 35 heavy (non-hydrogen) atoms. The molecule has 0 saturated heterocycles. The first kappa shape index (κ1) is 22.9. The normalized spacial score (nSPS) is 18.9. The van der Waals surface area contributed by atoms with Gasteiger partial charge in [0.05, 0.1) is 18.7 Å². The lowest BCUT2D eigenvalue weighted by molar-refractivity contribution is -0.117. The summed E-state index contributed by atoms with van der Waals surface area (Å²) in [4.78, 5) is 33.0. The number of aromatic nitrogens is 2. The molecule has 1 aromatic heterocycles. The van der Waals surface area contributed by atoms with Crippen LogP contribution < -0.4 is 9.64 Å². The summed E-state index contributed by atoms with van der Waals surface area (Å²) in [6.07, 6.45) is 8.68. The molecule has 1 aliphatic heterocycles. The highest BCUT2D eigenvalue weighted by Gasteiger charge is 2.47. The maximum atomic E-state index is 13.6. The fraction of sp³-hybridized carbons (Fsp3) is 0.321. The summed E-state index contributed by atoms with van der Waals surface area (Å²) in [7, 11) is 3.50. The van der Waals surface area contributed by atoms with Crippen molar-refractivity contribution >= 4 is 17.4 Å². The van der Waals surface area contributed by atoms with E-state index in [1.54, 1.807) is 42.5 Å². The Labute approximate surface area is 204 Å². The Morgan fingerprint density at radius 3 is 2.31 bits per heavy atom. The van der Waals surface area contributed by atoms with Gasteiger partial charge in [0.25, 0.3) is 5.91 Å². The molecule has 1 N–H and O–H groups in total. The minimum absolute atomic E-state index is 0.101. The summed E-state index contributed by atoms with van der Waals surface area (Å²) in [5.74, 6) is 0.270. The van der Waals surface area contributed by atoms with E-state index in [2.05, 4.69) is 4.98 Å². The highest BCUT2D eigenvalue weighted by molar-refractivity contribution is 6.20. The van der Waals surface area contributed by atoms with Gasteiger partial charge in [-0.3, -0.25) is 14.5 Å². The van der Waals surface area contributed by atoms with Crippen LogP contribution in [0.15, 0.2) is 72.3 Å². The summed E-state index contributed by atoms with van der Waals surface area (Å²) in [6, 6.07) is 13.8. The van der Waals surface area contributed by atoms with Gasteiger partial charge in [0.15, 0.2) is 11.5 Å². The van der Waals surface area contributed by atoms with E-state index in [9.17, 15) is 14.7 Å². The zero-order valence-corrected chi connectivity index (χ0v) is 20.0. The number of imidazole rings is 1. The number of ether oxygens (including phenoxy) is 1. The highest BCUT2D eigenvalue weighted by atomic mass is 16.5. The third kappa shape index (κ3) is 4.11. The van der Waals surface area contributed by atoms with Crippen LogP contribution in [-0.2, 0) is 11.8 Å². The minimum Gasteiger partial charge on any atom is -0.503 e. The van der Waals surface area contributed by atoms with Gasteiger partial charge in [0, 0.05) is 36.3 Å². The highest BCUT2D eigenvalue weighted by Crippen LogP contribution is 2.41. The zero-order chi connectivity index (χ0) is 24.5. The number of ketones is 1. The number of benzene rings is 2. The molecule has 2 aromatic carbocycles. The lowest BCUT2D eigenvalue weighted by atomic mass is 9.79. The molecular formula is C28H29N3O4. The molecule has 2 heterocycles. The number of aliphatic hydroxyl groups excluding tert-OH is 1. The number of nitrogens with zero attached hydrogens (tertiary/aromatic N) is 3. The number of rotatable bonds is 6.